The summed E-state index contributed by atoms with van der Waals surface area (Å²) in [6, 6.07) is 103. The van der Waals surface area contributed by atoms with Crippen LogP contribution in [0.5, 0.6) is 0 Å². The Kier molecular flexibility index (Phi) is 37.0. The third-order valence-electron chi connectivity index (χ3n) is 16.4. The van der Waals surface area contributed by atoms with Gasteiger partial charge in [-0.15, -0.1) is 144 Å². The van der Waals surface area contributed by atoms with E-state index in [-0.39, 0.29) is 111 Å². The zero-order valence-electron chi connectivity index (χ0n) is 60.8. The second kappa shape index (κ2) is 45.1. The maximum Gasteiger partial charge on any atom is 2.00 e. The van der Waals surface area contributed by atoms with E-state index in [1.54, 1.807) is 27.4 Å². The fraction of sp³-hybridized carbons (Fsp3) is 0.128. The molecule has 0 amide bonds. The number of benzene rings is 10. The van der Waals surface area contributed by atoms with Gasteiger partial charge in [-0.25, -0.2) is 20.4 Å². The number of nitrogens with zero attached hydrogens (tertiary/aromatic N) is 12. The fourth-order valence-corrected chi connectivity index (χ4v) is 17.1. The van der Waals surface area contributed by atoms with Gasteiger partial charge in [-0.2, -0.15) is 20.4 Å². The molecule has 0 aliphatic rings. The minimum atomic E-state index is -0.261. The van der Waals surface area contributed by atoms with E-state index in [2.05, 4.69) is 177 Å². The third kappa shape index (κ3) is 25.4. The van der Waals surface area contributed by atoms with Gasteiger partial charge < -0.3 is 10.1 Å². The van der Waals surface area contributed by atoms with Gasteiger partial charge in [-0.1, -0.05) is 133 Å². The average Bonchev–Trinajstić information content (AvgIpc) is 1.36. The van der Waals surface area contributed by atoms with Crippen molar-refractivity contribution in [3.8, 4) is 56.5 Å². The minimum absolute atomic E-state index is 0. The van der Waals surface area contributed by atoms with E-state index in [9.17, 15) is 0 Å². The van der Waals surface area contributed by atoms with Crippen molar-refractivity contribution in [1.29, 1.82) is 0 Å². The van der Waals surface area contributed by atoms with Crippen LogP contribution in [0, 0.1) is 31.2 Å². The van der Waals surface area contributed by atoms with E-state index in [1.165, 1.54) is 0 Å². The predicted octanol–water partition coefficient (Wildman–Crippen LogP) is 19.4. The minimum Gasteiger partial charge on any atom is -0.421 e. The summed E-state index contributed by atoms with van der Waals surface area (Å²) in [5.41, 5.74) is 11.8. The quantitative estimate of drug-likeness (QED) is 0.0997. The molecule has 6 heterocycles. The number of rotatable bonds is 9. The monoisotopic (exact) mass is 2180 g/mol. The first-order valence-corrected chi connectivity index (χ1v) is 43.6. The van der Waals surface area contributed by atoms with Crippen molar-refractivity contribution in [2.24, 2.45) is 0 Å². The van der Waals surface area contributed by atoms with Crippen LogP contribution in [-0.4, -0.2) is 109 Å². The Balaban J connectivity index is 0.000000194. The standard InChI is InChI=1S/4C14H9N2.C12H9N4.C10H16P2.C8H18P2.4Os/c4*1-2-6-11(7-3-1)14-10-12-8-4-5-9-13(12)15-16-14;1-8-14-12(16-15-8)11-10-5-3-2-4-9(10)6-7-13-11;1-11(2)9-7-5-6-8-10(9)12(3)4;1-7(9(3)4)8(2)10(5)6;;;;/h4*1-6,8-10H;2-7H,1H3;5-8H,1-4H3;1-6H3;;;;/q5*-1;;;3*+1;+2/p+4. The van der Waals surface area contributed by atoms with Crippen LogP contribution in [0.1, 0.15) is 19.7 Å². The summed E-state index contributed by atoms with van der Waals surface area (Å²) in [7, 11) is -0.824. The molecule has 0 spiro atoms. The summed E-state index contributed by atoms with van der Waals surface area (Å²) in [5, 5.41) is 54.7. The van der Waals surface area contributed by atoms with Crippen molar-refractivity contribution in [2.45, 2.75) is 20.8 Å². The second-order valence-electron chi connectivity index (χ2n) is 24.6. The molecular formula is C86H83N12Os4P4+4. The summed E-state index contributed by atoms with van der Waals surface area (Å²) >= 11 is 0. The Labute approximate surface area is 681 Å². The van der Waals surface area contributed by atoms with Gasteiger partial charge in [-0.3, -0.25) is 10.1 Å². The molecule has 0 bridgehead atoms. The van der Waals surface area contributed by atoms with Crippen molar-refractivity contribution in [3.05, 3.63) is 320 Å². The van der Waals surface area contributed by atoms with Gasteiger partial charge in [0, 0.05) is 71.9 Å². The molecule has 10 aromatic carbocycles. The van der Waals surface area contributed by atoms with Crippen LogP contribution in [0.2, 0.25) is 0 Å². The largest absolute Gasteiger partial charge is 2.00 e. The van der Waals surface area contributed by atoms with Gasteiger partial charge in [0.2, 0.25) is 0 Å². The molecule has 0 N–H and O–H groups in total. The Bertz CT molecular complexity index is 4830. The third-order valence-corrected chi connectivity index (χ3v) is 23.7. The number of hydrogen-bond acceptors (Lipinski definition) is 11. The number of aryl methyl sites for hydroxylation is 1. The van der Waals surface area contributed by atoms with Gasteiger partial charge in [-0.05, 0) is 96.0 Å². The van der Waals surface area contributed by atoms with Crippen LogP contribution in [-0.2, 0) is 79.2 Å². The number of hydrogen-bond donors (Lipinski definition) is 0. The van der Waals surface area contributed by atoms with E-state index in [4.69, 9.17) is 0 Å². The molecule has 6 aromatic heterocycles. The van der Waals surface area contributed by atoms with Crippen molar-refractivity contribution in [3.63, 3.8) is 0 Å². The topological polar surface area (TPSA) is 156 Å². The molecule has 16 aromatic rings. The molecule has 0 fully saturated rings. The normalized spacial score (nSPS) is 10.6. The molecule has 0 saturated heterocycles. The predicted molar refractivity (Wildman–Crippen MR) is 441 cm³/mol. The van der Waals surface area contributed by atoms with Crippen molar-refractivity contribution in [2.75, 3.05) is 53.3 Å². The molecule has 12 nitrogen and oxygen atoms in total. The molecule has 0 aliphatic carbocycles. The maximum absolute atomic E-state index is 4.33. The zero-order chi connectivity index (χ0) is 71.6. The maximum atomic E-state index is 4.33. The number of pyridine rings is 1. The Morgan fingerprint density at radius 1 is 0.340 bits per heavy atom. The van der Waals surface area contributed by atoms with Crippen LogP contribution in [0.25, 0.3) is 111 Å². The van der Waals surface area contributed by atoms with Gasteiger partial charge in [0.25, 0.3) is 0 Å². The molecule has 535 valence electrons. The molecule has 0 saturated carbocycles. The first kappa shape index (κ1) is 87.0. The molecule has 0 atom stereocenters. The summed E-state index contributed by atoms with van der Waals surface area (Å²) in [6.45, 7) is 25.4. The van der Waals surface area contributed by atoms with Crippen molar-refractivity contribution >= 4 is 96.7 Å². The molecule has 20 heteroatoms. The van der Waals surface area contributed by atoms with Crippen LogP contribution >= 0.6 is 31.7 Å². The second-order valence-corrected chi connectivity index (χ2v) is 35.2. The summed E-state index contributed by atoms with van der Waals surface area (Å²) < 4.78 is 0. The molecule has 0 unspecified atom stereocenters. The van der Waals surface area contributed by atoms with Crippen molar-refractivity contribution in [1.82, 2.24) is 61.0 Å². The van der Waals surface area contributed by atoms with E-state index >= 15 is 0 Å². The van der Waals surface area contributed by atoms with Gasteiger partial charge in [0.1, 0.15) is 21.2 Å². The Morgan fingerprint density at radius 2 is 0.632 bits per heavy atom. The molecule has 106 heavy (non-hydrogen) atoms. The van der Waals surface area contributed by atoms with Crippen molar-refractivity contribution < 1.29 is 79.2 Å². The average molecular weight is 2170 g/mol. The summed E-state index contributed by atoms with van der Waals surface area (Å²) in [5.74, 6) is 1.26. The van der Waals surface area contributed by atoms with E-state index in [0.717, 1.165) is 105 Å². The number of fused-ring (bicyclic) bond motifs is 5. The van der Waals surface area contributed by atoms with E-state index in [0.29, 0.717) is 11.6 Å². The van der Waals surface area contributed by atoms with Crippen LogP contribution in [0.4, 0.5) is 0 Å². The fourth-order valence-electron chi connectivity index (χ4n) is 10.5. The van der Waals surface area contributed by atoms with Gasteiger partial charge in [0.05, 0.1) is 81.1 Å². The zero-order valence-corrected chi connectivity index (χ0v) is 75.0. The van der Waals surface area contributed by atoms with E-state index in [1.807, 2.05) is 256 Å². The molecular weight excluding hydrogens is 2090 g/mol. The Hall–Kier alpha value is -7.88. The molecule has 0 aliphatic heterocycles. The van der Waals surface area contributed by atoms with Crippen LogP contribution in [0.15, 0.2) is 290 Å². The summed E-state index contributed by atoms with van der Waals surface area (Å²) in [6.07, 6.45) is 1.77. The van der Waals surface area contributed by atoms with Crippen LogP contribution < -0.4 is 15.7 Å². The smallest absolute Gasteiger partial charge is 0.421 e. The van der Waals surface area contributed by atoms with Gasteiger partial charge in [0.15, 0.2) is 0 Å². The SMILES string of the molecule is CC(=C(C)[PH+](C)C)[PH+](C)C.C[PH+](C)c1ccccc1[PH+](C)C.Cc1n[n-]c(-c2nccc3ccccc23)n1.[Os+2].[Os+].[Os+].[Os+].[c-]1ccccc1-c1cc2ccccc2nn1.[c-]1ccccc1-c1cc2ccccc2nn1.[c-]1ccccc1-c1cc2ccccc2nn1.[c-]1ccccc1-c1cc2ccccc2nn1. The molecule has 3 radical (unpaired) electrons. The first-order chi connectivity index (χ1) is 49.7. The van der Waals surface area contributed by atoms with E-state index < -0.39 is 0 Å². The van der Waals surface area contributed by atoms with Gasteiger partial charge >= 0.3 is 79.2 Å². The Morgan fingerprint density at radius 3 is 0.915 bits per heavy atom. The molecule has 16 rings (SSSR count). The van der Waals surface area contributed by atoms with Crippen LogP contribution in [0.3, 0.4) is 0 Å². The summed E-state index contributed by atoms with van der Waals surface area (Å²) in [4.78, 5) is 8.57. The number of aromatic nitrogens is 12. The number of allylic oxidation sites excluding steroid dienone is 2. The first-order valence-electron chi connectivity index (χ1n) is 33.6.